The van der Waals surface area contributed by atoms with Crippen molar-refractivity contribution in [3.8, 4) is 0 Å². The van der Waals surface area contributed by atoms with Gasteiger partial charge >= 0.3 is 5.97 Å². The number of aromatic nitrogens is 2. The van der Waals surface area contributed by atoms with Crippen LogP contribution in [-0.2, 0) is 35.3 Å². The number of piperazine rings is 1. The van der Waals surface area contributed by atoms with Gasteiger partial charge in [0.15, 0.2) is 5.82 Å². The molecule has 5 rings (SSSR count). The van der Waals surface area contributed by atoms with Gasteiger partial charge < -0.3 is 20.1 Å². The molecule has 2 aromatic rings. The molecule has 0 spiro atoms. The Morgan fingerprint density at radius 1 is 1.19 bits per heavy atom. The van der Waals surface area contributed by atoms with E-state index in [0.29, 0.717) is 18.2 Å². The number of nitrogens with one attached hydrogen (secondary N) is 1. The van der Waals surface area contributed by atoms with Crippen molar-refractivity contribution in [1.82, 2.24) is 25.1 Å². The summed E-state index contributed by atoms with van der Waals surface area (Å²) >= 11 is 6.43. The highest BCUT2D eigenvalue weighted by Gasteiger charge is 2.31. The first-order chi connectivity index (χ1) is 20.3. The lowest BCUT2D eigenvalue weighted by Gasteiger charge is -2.35. The summed E-state index contributed by atoms with van der Waals surface area (Å²) in [5, 5.41) is 12.1. The molecule has 2 N–H and O–H groups in total. The summed E-state index contributed by atoms with van der Waals surface area (Å²) in [6.07, 6.45) is 9.73. The van der Waals surface area contributed by atoms with Gasteiger partial charge in [0.25, 0.3) is 5.91 Å². The predicted molar refractivity (Wildman–Crippen MR) is 157 cm³/mol. The van der Waals surface area contributed by atoms with E-state index in [4.69, 9.17) is 21.3 Å². The molecule has 0 radical (unpaired) electrons. The van der Waals surface area contributed by atoms with Crippen LogP contribution in [0.1, 0.15) is 71.5 Å². The number of hydrogen-bond donors (Lipinski definition) is 2. The number of hydrogen-bond acceptors (Lipinski definition) is 7. The van der Waals surface area contributed by atoms with Gasteiger partial charge in [0.05, 0.1) is 28.6 Å². The van der Waals surface area contributed by atoms with Crippen LogP contribution in [0.3, 0.4) is 0 Å². The Kier molecular flexibility index (Phi) is 10.4. The third-order valence-electron chi connectivity index (χ3n) is 8.84. The van der Waals surface area contributed by atoms with Crippen molar-refractivity contribution in [2.45, 2.75) is 76.5 Å². The number of carboxylic acids is 1. The van der Waals surface area contributed by atoms with Crippen LogP contribution in [0, 0.1) is 11.7 Å². The van der Waals surface area contributed by atoms with Gasteiger partial charge in [-0.05, 0) is 76.0 Å². The lowest BCUT2D eigenvalue weighted by Crippen LogP contribution is -2.44. The molecule has 11 heteroatoms. The molecule has 1 atom stereocenters. The number of carbonyl (C=O) groups excluding carboxylic acids is 1. The van der Waals surface area contributed by atoms with Gasteiger partial charge in [0, 0.05) is 57.1 Å². The van der Waals surface area contributed by atoms with Crippen molar-refractivity contribution >= 4 is 23.5 Å². The Bertz CT molecular complexity index is 1270. The van der Waals surface area contributed by atoms with Crippen LogP contribution in [0.2, 0.25) is 5.02 Å². The van der Waals surface area contributed by atoms with E-state index in [1.165, 1.54) is 24.1 Å². The Morgan fingerprint density at radius 2 is 1.95 bits per heavy atom. The fourth-order valence-corrected chi connectivity index (χ4v) is 6.33. The van der Waals surface area contributed by atoms with Crippen molar-refractivity contribution in [1.29, 1.82) is 0 Å². The zero-order valence-electron chi connectivity index (χ0n) is 24.3. The summed E-state index contributed by atoms with van der Waals surface area (Å²) in [6.45, 7) is 3.97. The topological polar surface area (TPSA) is 108 Å². The first-order valence-corrected chi connectivity index (χ1v) is 15.5. The maximum absolute atomic E-state index is 14.7. The van der Waals surface area contributed by atoms with Gasteiger partial charge in [0.1, 0.15) is 6.04 Å². The number of carboxylic acid groups (broad SMARTS) is 1. The van der Waals surface area contributed by atoms with E-state index in [1.807, 2.05) is 7.05 Å². The number of fused-ring (bicyclic) bond motifs is 1. The smallest absolute Gasteiger partial charge is 0.326 e. The lowest BCUT2D eigenvalue weighted by atomic mass is 9.79. The number of halogens is 2. The molecule has 2 aromatic heterocycles. The molecule has 0 unspecified atom stereocenters. The average molecular weight is 602 g/mol. The monoisotopic (exact) mass is 601 g/mol. The molecule has 3 heterocycles. The molecular formula is C31H41ClFN5O4. The van der Waals surface area contributed by atoms with E-state index in [1.54, 1.807) is 0 Å². The number of aryl methyl sites for hydroxylation is 3. The number of likely N-dealkylation sites (N-methyl/N-ethyl adjacent to an activating group) is 1. The van der Waals surface area contributed by atoms with Crippen LogP contribution in [0.25, 0.3) is 0 Å². The Hall–Kier alpha value is -2.66. The van der Waals surface area contributed by atoms with Crippen LogP contribution in [0.15, 0.2) is 18.3 Å². The third kappa shape index (κ3) is 7.83. The normalized spacial score (nSPS) is 21.8. The van der Waals surface area contributed by atoms with Gasteiger partial charge in [-0.2, -0.15) is 0 Å². The fourth-order valence-electron chi connectivity index (χ4n) is 6.05. The first-order valence-electron chi connectivity index (χ1n) is 15.1. The molecule has 1 aliphatic heterocycles. The minimum Gasteiger partial charge on any atom is -0.480 e. The molecule has 0 bridgehead atoms. The van der Waals surface area contributed by atoms with E-state index in [9.17, 15) is 19.1 Å². The van der Waals surface area contributed by atoms with Crippen LogP contribution >= 0.6 is 11.6 Å². The second-order valence-corrected chi connectivity index (χ2v) is 12.3. The number of aliphatic carboxylic acids is 1. The number of carbonyl (C=O) groups is 2. The van der Waals surface area contributed by atoms with Gasteiger partial charge in [-0.1, -0.05) is 17.7 Å². The second kappa shape index (κ2) is 14.2. The van der Waals surface area contributed by atoms with E-state index >= 15 is 0 Å². The minimum atomic E-state index is -1.23. The average Bonchev–Trinajstić information content (AvgIpc) is 2.95. The molecule has 228 valence electrons. The Morgan fingerprint density at radius 3 is 2.71 bits per heavy atom. The number of nitrogens with zero attached hydrogens (tertiary/aromatic N) is 4. The fraction of sp³-hybridized carbons (Fsp3) is 0.613. The molecule has 2 fully saturated rings. The van der Waals surface area contributed by atoms with E-state index in [0.717, 1.165) is 76.6 Å². The van der Waals surface area contributed by atoms with Crippen molar-refractivity contribution in [3.05, 3.63) is 57.4 Å². The highest BCUT2D eigenvalue weighted by molar-refractivity contribution is 6.34. The summed E-state index contributed by atoms with van der Waals surface area (Å²) in [4.78, 5) is 38.2. The minimum absolute atomic E-state index is 0.0692. The molecule has 2 aliphatic carbocycles. The Labute approximate surface area is 251 Å². The summed E-state index contributed by atoms with van der Waals surface area (Å²) in [5.74, 6) is -2.39. The molecular weight excluding hydrogens is 561 g/mol. The Balaban J connectivity index is 1.06. The van der Waals surface area contributed by atoms with Crippen molar-refractivity contribution in [2.24, 2.45) is 5.92 Å². The molecule has 42 heavy (non-hydrogen) atoms. The first kappa shape index (κ1) is 30.8. The van der Waals surface area contributed by atoms with Gasteiger partial charge in [0.2, 0.25) is 0 Å². The van der Waals surface area contributed by atoms with Crippen molar-refractivity contribution in [2.75, 3.05) is 39.8 Å². The maximum Gasteiger partial charge on any atom is 0.326 e. The molecule has 9 nitrogen and oxygen atoms in total. The SMILES string of the molecule is CN1CCN(Cc2ncc(F)c(C(=O)N[C@@H](CCOC3CC(CCc4ccc5c(n4)CCCC5)C3)C(=O)O)c2Cl)CC1. The van der Waals surface area contributed by atoms with Crippen LogP contribution in [-0.4, -0.2) is 88.7 Å². The van der Waals surface area contributed by atoms with E-state index in [2.05, 4.69) is 32.2 Å². The van der Waals surface area contributed by atoms with Crippen LogP contribution in [0.4, 0.5) is 4.39 Å². The highest BCUT2D eigenvalue weighted by Crippen LogP contribution is 2.34. The standard InChI is InChI=1S/C31H41ClFN5O4/c1-37-11-13-38(14-12-37)19-27-29(32)28(24(33)18-34-27)30(39)36-26(31(40)41)10-15-42-23-16-20(17-23)6-8-22-9-7-21-4-2-3-5-25(21)35-22/h7,9,18,20,23,26H,2-6,8,10-17,19H2,1H3,(H,36,39)(H,40,41)/t20?,23?,26-/m0/s1. The summed E-state index contributed by atoms with van der Waals surface area (Å²) < 4.78 is 20.6. The number of rotatable bonds is 12. The number of ether oxygens (including phenoxy) is 1. The number of amides is 1. The molecule has 1 amide bonds. The van der Waals surface area contributed by atoms with Crippen LogP contribution in [0.5, 0.6) is 0 Å². The lowest BCUT2D eigenvalue weighted by molar-refractivity contribution is -0.140. The van der Waals surface area contributed by atoms with Gasteiger partial charge in [-0.15, -0.1) is 0 Å². The largest absolute Gasteiger partial charge is 0.480 e. The quantitative estimate of drug-likeness (QED) is 0.377. The van der Waals surface area contributed by atoms with E-state index in [-0.39, 0.29) is 29.7 Å². The van der Waals surface area contributed by atoms with Crippen molar-refractivity contribution < 1.29 is 23.8 Å². The molecule has 1 saturated carbocycles. The van der Waals surface area contributed by atoms with E-state index < -0.39 is 23.7 Å². The summed E-state index contributed by atoms with van der Waals surface area (Å²) in [7, 11) is 2.05. The van der Waals surface area contributed by atoms with Crippen molar-refractivity contribution in [3.63, 3.8) is 0 Å². The highest BCUT2D eigenvalue weighted by atomic mass is 35.5. The number of pyridine rings is 2. The predicted octanol–water partition coefficient (Wildman–Crippen LogP) is 3.90. The molecule has 1 saturated heterocycles. The zero-order chi connectivity index (χ0) is 29.6. The summed E-state index contributed by atoms with van der Waals surface area (Å²) in [6, 6.07) is 3.18. The van der Waals surface area contributed by atoms with Crippen LogP contribution < -0.4 is 5.32 Å². The maximum atomic E-state index is 14.7. The van der Waals surface area contributed by atoms with Gasteiger partial charge in [-0.3, -0.25) is 19.7 Å². The zero-order valence-corrected chi connectivity index (χ0v) is 25.0. The third-order valence-corrected chi connectivity index (χ3v) is 9.25. The summed E-state index contributed by atoms with van der Waals surface area (Å²) in [5.41, 5.74) is 3.85. The second-order valence-electron chi connectivity index (χ2n) is 12.0. The molecule has 3 aliphatic rings. The molecule has 0 aromatic carbocycles. The van der Waals surface area contributed by atoms with Gasteiger partial charge in [-0.25, -0.2) is 9.18 Å².